The number of amides is 1. The van der Waals surface area contributed by atoms with Crippen molar-refractivity contribution in [3.8, 4) is 0 Å². The summed E-state index contributed by atoms with van der Waals surface area (Å²) < 4.78 is 5.39. The monoisotopic (exact) mass is 251 g/mol. The number of carbonyl (C=O) groups excluding carboxylic acids is 1. The number of carboxylic acids is 1. The normalized spacial score (nSPS) is 13.7. The Labute approximate surface area is 106 Å². The molecule has 0 saturated carbocycles. The summed E-state index contributed by atoms with van der Waals surface area (Å²) in [4.78, 5) is 22.0. The molecule has 0 heterocycles. The molecule has 0 aromatic heterocycles. The minimum Gasteiger partial charge on any atom is -0.481 e. The van der Waals surface area contributed by atoms with E-state index in [9.17, 15) is 9.59 Å². The molecule has 1 aromatic carbocycles. The van der Waals surface area contributed by atoms with Crippen molar-refractivity contribution in [2.75, 3.05) is 7.11 Å². The van der Waals surface area contributed by atoms with Gasteiger partial charge in [-0.3, -0.25) is 9.59 Å². The highest BCUT2D eigenvalue weighted by atomic mass is 16.5. The van der Waals surface area contributed by atoms with Gasteiger partial charge in [0, 0.05) is 26.0 Å². The van der Waals surface area contributed by atoms with E-state index in [-0.39, 0.29) is 18.7 Å². The fraction of sp³-hybridized carbons (Fsp3) is 0.385. The van der Waals surface area contributed by atoms with Crippen molar-refractivity contribution in [1.82, 2.24) is 5.32 Å². The Kier molecular flexibility index (Phi) is 4.85. The molecular weight excluding hydrogens is 234 g/mol. The number of carbonyl (C=O) groups is 2. The number of rotatable bonds is 6. The predicted octanol–water partition coefficient (Wildman–Crippen LogP) is 1.49. The van der Waals surface area contributed by atoms with Crippen LogP contribution in [0.4, 0.5) is 0 Å². The van der Waals surface area contributed by atoms with E-state index in [1.54, 1.807) is 12.1 Å². The van der Waals surface area contributed by atoms with Crippen molar-refractivity contribution in [2.24, 2.45) is 0 Å². The van der Waals surface area contributed by atoms with Crippen LogP contribution >= 0.6 is 0 Å². The van der Waals surface area contributed by atoms with Gasteiger partial charge in [0.2, 0.25) is 5.91 Å². The molecular formula is C13H17NO4. The summed E-state index contributed by atoms with van der Waals surface area (Å²) in [6.07, 6.45) is 0.0748. The van der Waals surface area contributed by atoms with Gasteiger partial charge in [0.05, 0.1) is 6.42 Å². The van der Waals surface area contributed by atoms with Crippen molar-refractivity contribution in [2.45, 2.75) is 25.5 Å². The van der Waals surface area contributed by atoms with Gasteiger partial charge in [-0.2, -0.15) is 0 Å². The summed E-state index contributed by atoms with van der Waals surface area (Å²) in [6.45, 7) is 1.37. The quantitative estimate of drug-likeness (QED) is 0.751. The molecule has 0 radical (unpaired) electrons. The van der Waals surface area contributed by atoms with Crippen LogP contribution in [0.2, 0.25) is 0 Å². The number of aliphatic carboxylic acids is 1. The van der Waals surface area contributed by atoms with Crippen LogP contribution in [-0.4, -0.2) is 24.1 Å². The zero-order chi connectivity index (χ0) is 13.6. The molecule has 1 rings (SSSR count). The van der Waals surface area contributed by atoms with Gasteiger partial charge in [0.1, 0.15) is 0 Å². The van der Waals surface area contributed by atoms with Crippen molar-refractivity contribution < 1.29 is 19.4 Å². The van der Waals surface area contributed by atoms with Gasteiger partial charge in [-0.05, 0) is 0 Å². The van der Waals surface area contributed by atoms with Crippen molar-refractivity contribution >= 4 is 11.9 Å². The predicted molar refractivity (Wildman–Crippen MR) is 65.8 cm³/mol. The number of hydrogen-bond acceptors (Lipinski definition) is 3. The lowest BCUT2D eigenvalue weighted by molar-refractivity contribution is -0.142. The van der Waals surface area contributed by atoms with Crippen LogP contribution in [0, 0.1) is 0 Å². The topological polar surface area (TPSA) is 75.6 Å². The molecule has 0 bridgehead atoms. The Balaban J connectivity index is 3.05. The van der Waals surface area contributed by atoms with Gasteiger partial charge in [0.15, 0.2) is 5.72 Å². The molecule has 1 unspecified atom stereocenters. The molecule has 5 nitrogen and oxygen atoms in total. The number of methoxy groups -OCH3 is 1. The third kappa shape index (κ3) is 3.56. The molecule has 1 atom stereocenters. The van der Waals surface area contributed by atoms with Crippen LogP contribution in [0.3, 0.4) is 0 Å². The third-order valence-electron chi connectivity index (χ3n) is 2.66. The summed E-state index contributed by atoms with van der Waals surface area (Å²) in [6, 6.07) is 9.05. The molecule has 0 aliphatic carbocycles. The lowest BCUT2D eigenvalue weighted by Gasteiger charge is -2.33. The second-order valence-electron chi connectivity index (χ2n) is 3.97. The van der Waals surface area contributed by atoms with E-state index in [2.05, 4.69) is 5.32 Å². The standard InChI is InChI=1S/C13H17NO4/c1-10(15)14-13(18-2,9-8-12(16)17)11-6-4-3-5-7-11/h3-7H,8-9H2,1-2H3,(H,14,15)(H,16,17). The van der Waals surface area contributed by atoms with E-state index in [0.29, 0.717) is 0 Å². The Bertz CT molecular complexity index is 418. The lowest BCUT2D eigenvalue weighted by Crippen LogP contribution is -2.46. The minimum absolute atomic E-state index is 0.0942. The van der Waals surface area contributed by atoms with E-state index in [1.807, 2.05) is 18.2 Å². The average Bonchev–Trinajstić information content (AvgIpc) is 2.35. The Hall–Kier alpha value is -1.88. The fourth-order valence-corrected chi connectivity index (χ4v) is 1.82. The first-order valence-corrected chi connectivity index (χ1v) is 5.61. The van der Waals surface area contributed by atoms with Gasteiger partial charge < -0.3 is 15.2 Å². The first-order valence-electron chi connectivity index (χ1n) is 5.61. The maximum absolute atomic E-state index is 11.3. The largest absolute Gasteiger partial charge is 0.481 e. The third-order valence-corrected chi connectivity index (χ3v) is 2.66. The van der Waals surface area contributed by atoms with Crippen molar-refractivity contribution in [1.29, 1.82) is 0 Å². The first-order chi connectivity index (χ1) is 8.50. The Morgan fingerprint density at radius 2 is 1.94 bits per heavy atom. The van der Waals surface area contributed by atoms with Gasteiger partial charge in [0.25, 0.3) is 0 Å². The summed E-state index contributed by atoms with van der Waals surface area (Å²) in [5.74, 6) is -1.20. The summed E-state index contributed by atoms with van der Waals surface area (Å²) in [5.41, 5.74) is -0.366. The van der Waals surface area contributed by atoms with Crippen LogP contribution in [0.1, 0.15) is 25.3 Å². The highest BCUT2D eigenvalue weighted by Gasteiger charge is 2.33. The second-order valence-corrected chi connectivity index (χ2v) is 3.97. The van der Waals surface area contributed by atoms with Crippen molar-refractivity contribution in [3.05, 3.63) is 35.9 Å². The minimum atomic E-state index is -1.09. The SMILES string of the molecule is COC(CCC(=O)O)(NC(C)=O)c1ccccc1. The number of ether oxygens (including phenoxy) is 1. The first kappa shape index (κ1) is 14.2. The maximum atomic E-state index is 11.3. The zero-order valence-electron chi connectivity index (χ0n) is 10.5. The van der Waals surface area contributed by atoms with Gasteiger partial charge >= 0.3 is 5.97 Å². The average molecular weight is 251 g/mol. The molecule has 1 aromatic rings. The molecule has 0 aliphatic heterocycles. The van der Waals surface area contributed by atoms with Crippen LogP contribution in [0.25, 0.3) is 0 Å². The Morgan fingerprint density at radius 1 is 1.33 bits per heavy atom. The molecule has 0 spiro atoms. The molecule has 0 fully saturated rings. The molecule has 0 aliphatic rings. The van der Waals surface area contributed by atoms with Gasteiger partial charge in [-0.1, -0.05) is 30.3 Å². The summed E-state index contributed by atoms with van der Waals surface area (Å²) in [7, 11) is 1.45. The van der Waals surface area contributed by atoms with E-state index in [4.69, 9.17) is 9.84 Å². The van der Waals surface area contributed by atoms with E-state index >= 15 is 0 Å². The second kappa shape index (κ2) is 6.16. The summed E-state index contributed by atoms with van der Waals surface area (Å²) in [5, 5.41) is 11.5. The zero-order valence-corrected chi connectivity index (χ0v) is 10.5. The smallest absolute Gasteiger partial charge is 0.303 e. The maximum Gasteiger partial charge on any atom is 0.303 e. The van der Waals surface area contributed by atoms with Crippen molar-refractivity contribution in [3.63, 3.8) is 0 Å². The van der Waals surface area contributed by atoms with Crippen LogP contribution in [0.15, 0.2) is 30.3 Å². The number of hydrogen-bond donors (Lipinski definition) is 2. The van der Waals surface area contributed by atoms with E-state index in [0.717, 1.165) is 5.56 Å². The van der Waals surface area contributed by atoms with Crippen LogP contribution in [0.5, 0.6) is 0 Å². The molecule has 5 heteroatoms. The molecule has 2 N–H and O–H groups in total. The highest BCUT2D eigenvalue weighted by molar-refractivity contribution is 5.74. The number of carboxylic acid groups (broad SMARTS) is 1. The number of nitrogens with one attached hydrogen (secondary N) is 1. The van der Waals surface area contributed by atoms with E-state index < -0.39 is 11.7 Å². The molecule has 98 valence electrons. The molecule has 18 heavy (non-hydrogen) atoms. The number of benzene rings is 1. The lowest BCUT2D eigenvalue weighted by atomic mass is 9.97. The fourth-order valence-electron chi connectivity index (χ4n) is 1.82. The molecule has 0 saturated heterocycles. The van der Waals surface area contributed by atoms with Crippen LogP contribution in [-0.2, 0) is 20.1 Å². The molecule has 1 amide bonds. The van der Waals surface area contributed by atoms with Gasteiger partial charge in [-0.15, -0.1) is 0 Å². The highest BCUT2D eigenvalue weighted by Crippen LogP contribution is 2.27. The Morgan fingerprint density at radius 3 is 2.39 bits per heavy atom. The van der Waals surface area contributed by atoms with Crippen LogP contribution < -0.4 is 5.32 Å². The van der Waals surface area contributed by atoms with E-state index in [1.165, 1.54) is 14.0 Å². The van der Waals surface area contributed by atoms with Gasteiger partial charge in [-0.25, -0.2) is 0 Å². The summed E-state index contributed by atoms with van der Waals surface area (Å²) >= 11 is 0.